The lowest BCUT2D eigenvalue weighted by molar-refractivity contribution is 0.608. The molecular formula is C13H12ClFS. The molecule has 0 aliphatic heterocycles. The van der Waals surface area contributed by atoms with E-state index in [0.29, 0.717) is 12.0 Å². The van der Waals surface area contributed by atoms with Crippen molar-refractivity contribution in [3.8, 4) is 0 Å². The summed E-state index contributed by atoms with van der Waals surface area (Å²) in [6.45, 7) is 2.04. The van der Waals surface area contributed by atoms with E-state index in [1.807, 2.05) is 25.1 Å². The van der Waals surface area contributed by atoms with Gasteiger partial charge in [-0.25, -0.2) is 4.39 Å². The number of rotatable bonds is 3. The number of alkyl halides is 1. The van der Waals surface area contributed by atoms with Crippen molar-refractivity contribution in [2.75, 3.05) is 0 Å². The van der Waals surface area contributed by atoms with Gasteiger partial charge in [-0.05, 0) is 37.1 Å². The monoisotopic (exact) mass is 254 g/mol. The van der Waals surface area contributed by atoms with E-state index in [1.54, 1.807) is 23.5 Å². The van der Waals surface area contributed by atoms with Gasteiger partial charge in [0.25, 0.3) is 0 Å². The van der Waals surface area contributed by atoms with Gasteiger partial charge in [0, 0.05) is 9.75 Å². The summed E-state index contributed by atoms with van der Waals surface area (Å²) in [5, 5.41) is -0.143. The maximum absolute atomic E-state index is 13.4. The Balaban J connectivity index is 2.13. The average molecular weight is 255 g/mol. The number of aryl methyl sites for hydroxylation is 1. The first-order chi connectivity index (χ1) is 7.66. The van der Waals surface area contributed by atoms with Crippen LogP contribution in [0.1, 0.15) is 20.7 Å². The Bertz CT molecular complexity index is 478. The van der Waals surface area contributed by atoms with Gasteiger partial charge in [0.2, 0.25) is 0 Å². The quantitative estimate of drug-likeness (QED) is 0.696. The van der Waals surface area contributed by atoms with E-state index in [2.05, 4.69) is 0 Å². The molecule has 0 fully saturated rings. The fourth-order valence-electron chi connectivity index (χ4n) is 1.58. The van der Waals surface area contributed by atoms with Crippen molar-refractivity contribution in [2.24, 2.45) is 0 Å². The van der Waals surface area contributed by atoms with Crippen LogP contribution in [0, 0.1) is 12.7 Å². The molecule has 1 aromatic carbocycles. The summed E-state index contributed by atoms with van der Waals surface area (Å²) in [5.74, 6) is -0.179. The Hall–Kier alpha value is -0.860. The van der Waals surface area contributed by atoms with Crippen molar-refractivity contribution in [1.82, 2.24) is 0 Å². The maximum Gasteiger partial charge on any atom is 0.126 e. The Morgan fingerprint density at radius 3 is 2.62 bits per heavy atom. The lowest BCUT2D eigenvalue weighted by Crippen LogP contribution is -1.96. The van der Waals surface area contributed by atoms with E-state index in [-0.39, 0.29) is 11.2 Å². The largest absolute Gasteiger partial charge is 0.207 e. The summed E-state index contributed by atoms with van der Waals surface area (Å²) in [4.78, 5) is 2.33. The first-order valence-electron chi connectivity index (χ1n) is 5.10. The number of benzene rings is 1. The molecule has 0 aliphatic carbocycles. The van der Waals surface area contributed by atoms with E-state index in [9.17, 15) is 4.39 Å². The Kier molecular flexibility index (Phi) is 3.62. The van der Waals surface area contributed by atoms with E-state index in [1.165, 1.54) is 10.9 Å². The summed E-state index contributed by atoms with van der Waals surface area (Å²) >= 11 is 7.94. The Labute approximate surface area is 104 Å². The molecule has 1 unspecified atom stereocenters. The van der Waals surface area contributed by atoms with Crippen molar-refractivity contribution in [3.63, 3.8) is 0 Å². The topological polar surface area (TPSA) is 0 Å². The SMILES string of the molecule is Cc1ccc(C(Cl)Cc2ccccc2F)s1. The molecule has 0 N–H and O–H groups in total. The molecule has 3 heteroatoms. The zero-order valence-corrected chi connectivity index (χ0v) is 10.5. The van der Waals surface area contributed by atoms with Crippen LogP contribution < -0.4 is 0 Å². The molecule has 0 radical (unpaired) electrons. The molecule has 0 aliphatic rings. The molecule has 16 heavy (non-hydrogen) atoms. The van der Waals surface area contributed by atoms with E-state index in [0.717, 1.165) is 4.88 Å². The maximum atomic E-state index is 13.4. The highest BCUT2D eigenvalue weighted by molar-refractivity contribution is 7.12. The zero-order chi connectivity index (χ0) is 11.5. The van der Waals surface area contributed by atoms with Crippen molar-refractivity contribution < 1.29 is 4.39 Å². The van der Waals surface area contributed by atoms with E-state index >= 15 is 0 Å². The van der Waals surface area contributed by atoms with Crippen molar-refractivity contribution in [3.05, 3.63) is 57.5 Å². The predicted octanol–water partition coefficient (Wildman–Crippen LogP) is 4.72. The minimum atomic E-state index is -0.179. The van der Waals surface area contributed by atoms with Crippen molar-refractivity contribution in [2.45, 2.75) is 18.7 Å². The van der Waals surface area contributed by atoms with Crippen LogP contribution in [-0.4, -0.2) is 0 Å². The second kappa shape index (κ2) is 4.98. The normalized spacial score (nSPS) is 12.7. The molecule has 0 saturated heterocycles. The molecule has 1 atom stereocenters. The summed E-state index contributed by atoms with van der Waals surface area (Å²) in [5.41, 5.74) is 0.675. The van der Waals surface area contributed by atoms with Crippen LogP contribution in [0.15, 0.2) is 36.4 Å². The van der Waals surface area contributed by atoms with Gasteiger partial charge in [-0.1, -0.05) is 18.2 Å². The van der Waals surface area contributed by atoms with Gasteiger partial charge in [0.15, 0.2) is 0 Å². The predicted molar refractivity (Wildman–Crippen MR) is 67.8 cm³/mol. The van der Waals surface area contributed by atoms with Gasteiger partial charge in [-0.3, -0.25) is 0 Å². The second-order valence-corrected chi connectivity index (χ2v) is 5.56. The highest BCUT2D eigenvalue weighted by atomic mass is 35.5. The zero-order valence-electron chi connectivity index (χ0n) is 8.91. The highest BCUT2D eigenvalue weighted by Crippen LogP contribution is 2.31. The van der Waals surface area contributed by atoms with Gasteiger partial charge in [-0.2, -0.15) is 0 Å². The van der Waals surface area contributed by atoms with E-state index in [4.69, 9.17) is 11.6 Å². The lowest BCUT2D eigenvalue weighted by atomic mass is 10.1. The van der Waals surface area contributed by atoms with Crippen LogP contribution in [0.4, 0.5) is 4.39 Å². The number of hydrogen-bond acceptors (Lipinski definition) is 1. The summed E-state index contributed by atoms with van der Waals surface area (Å²) < 4.78 is 13.4. The third-order valence-electron chi connectivity index (χ3n) is 2.43. The van der Waals surface area contributed by atoms with Crippen LogP contribution in [0.2, 0.25) is 0 Å². The molecule has 0 spiro atoms. The number of hydrogen-bond donors (Lipinski definition) is 0. The minimum Gasteiger partial charge on any atom is -0.207 e. The van der Waals surface area contributed by atoms with Crippen molar-refractivity contribution in [1.29, 1.82) is 0 Å². The molecular weight excluding hydrogens is 243 g/mol. The van der Waals surface area contributed by atoms with Crippen molar-refractivity contribution >= 4 is 22.9 Å². The summed E-state index contributed by atoms with van der Waals surface area (Å²) in [7, 11) is 0. The molecule has 0 nitrogen and oxygen atoms in total. The molecule has 0 amide bonds. The third kappa shape index (κ3) is 2.63. The van der Waals surface area contributed by atoms with E-state index < -0.39 is 0 Å². The fraction of sp³-hybridized carbons (Fsp3) is 0.231. The number of halogens is 2. The Morgan fingerprint density at radius 1 is 1.25 bits per heavy atom. The van der Waals surface area contributed by atoms with Crippen LogP contribution in [0.3, 0.4) is 0 Å². The Morgan fingerprint density at radius 2 is 2.00 bits per heavy atom. The molecule has 1 aromatic heterocycles. The molecule has 1 heterocycles. The van der Waals surface area contributed by atoms with Crippen LogP contribution in [0.25, 0.3) is 0 Å². The van der Waals surface area contributed by atoms with Gasteiger partial charge < -0.3 is 0 Å². The van der Waals surface area contributed by atoms with Crippen LogP contribution in [-0.2, 0) is 6.42 Å². The van der Waals surface area contributed by atoms with Gasteiger partial charge in [0.1, 0.15) is 5.82 Å². The van der Waals surface area contributed by atoms with Crippen LogP contribution in [0.5, 0.6) is 0 Å². The molecule has 84 valence electrons. The standard InChI is InChI=1S/C13H12ClFS/c1-9-6-7-13(16-9)11(14)8-10-4-2-3-5-12(10)15/h2-7,11H,8H2,1H3. The lowest BCUT2D eigenvalue weighted by Gasteiger charge is -2.07. The summed E-state index contributed by atoms with van der Waals surface area (Å²) in [6.07, 6.45) is 0.536. The number of thiophene rings is 1. The van der Waals surface area contributed by atoms with Gasteiger partial charge in [0.05, 0.1) is 5.38 Å². The van der Waals surface area contributed by atoms with Gasteiger partial charge >= 0.3 is 0 Å². The smallest absolute Gasteiger partial charge is 0.126 e. The van der Waals surface area contributed by atoms with Crippen LogP contribution >= 0.6 is 22.9 Å². The molecule has 2 aromatic rings. The average Bonchev–Trinajstić information content (AvgIpc) is 2.68. The second-order valence-electron chi connectivity index (χ2n) is 3.71. The summed E-state index contributed by atoms with van der Waals surface area (Å²) in [6, 6.07) is 10.8. The molecule has 2 rings (SSSR count). The minimum absolute atomic E-state index is 0.143. The first kappa shape index (κ1) is 11.6. The van der Waals surface area contributed by atoms with Gasteiger partial charge in [-0.15, -0.1) is 22.9 Å². The fourth-order valence-corrected chi connectivity index (χ4v) is 2.81. The first-order valence-corrected chi connectivity index (χ1v) is 6.36. The molecule has 0 bridgehead atoms. The highest BCUT2D eigenvalue weighted by Gasteiger charge is 2.12. The third-order valence-corrected chi connectivity index (χ3v) is 4.06. The molecule has 0 saturated carbocycles.